The fraction of sp³-hybridized carbons (Fsp3) is 0. The summed E-state index contributed by atoms with van der Waals surface area (Å²) in [7, 11) is 0. The number of nitrogens with two attached hydrogens (primary N) is 1. The Morgan fingerprint density at radius 3 is 2.39 bits per heavy atom. The highest BCUT2D eigenvalue weighted by Gasteiger charge is 2.23. The van der Waals surface area contributed by atoms with E-state index in [1.54, 1.807) is 0 Å². The van der Waals surface area contributed by atoms with Gasteiger partial charge in [0.1, 0.15) is 11.5 Å². The molecule has 1 aliphatic carbocycles. The normalized spacial score (nSPS) is 18.3. The summed E-state index contributed by atoms with van der Waals surface area (Å²) in [6.07, 6.45) is 0.766. The second-order valence-corrected chi connectivity index (χ2v) is 4.31. The molecule has 0 atom stereocenters. The van der Waals surface area contributed by atoms with Crippen molar-refractivity contribution in [2.75, 3.05) is 0 Å². The van der Waals surface area contributed by atoms with Gasteiger partial charge in [0, 0.05) is 6.08 Å². The van der Waals surface area contributed by atoms with Crippen molar-refractivity contribution in [2.24, 2.45) is 10.7 Å². The average Bonchev–Trinajstić information content (AvgIpc) is 2.34. The van der Waals surface area contributed by atoms with Gasteiger partial charge in [-0.15, -0.1) is 0 Å². The first kappa shape index (κ1) is 12.6. The summed E-state index contributed by atoms with van der Waals surface area (Å²) in [4.78, 5) is 15.2. The van der Waals surface area contributed by atoms with Gasteiger partial charge >= 0.3 is 0 Å². The lowest BCUT2D eigenvalue weighted by molar-refractivity contribution is -0.111. The molecule has 18 heavy (non-hydrogen) atoms. The van der Waals surface area contributed by atoms with Crippen LogP contribution in [0.15, 0.2) is 51.3 Å². The van der Waals surface area contributed by atoms with Crippen LogP contribution in [0.25, 0.3) is 0 Å². The van der Waals surface area contributed by atoms with Crippen molar-refractivity contribution >= 4 is 33.1 Å². The van der Waals surface area contributed by atoms with Crippen LogP contribution < -0.4 is 5.73 Å². The minimum Gasteiger partial charge on any atom is -0.395 e. The summed E-state index contributed by atoms with van der Waals surface area (Å²) in [6.45, 7) is 0. The summed E-state index contributed by atoms with van der Waals surface area (Å²) in [5, 5.41) is 0. The number of rotatable bonds is 1. The molecule has 2 rings (SSSR count). The number of aliphatic imine (C=N–C) groups is 1. The zero-order valence-electron chi connectivity index (χ0n) is 8.95. The number of halogens is 3. The number of carbonyl (C=O) groups is 1. The van der Waals surface area contributed by atoms with E-state index in [9.17, 15) is 13.6 Å². The van der Waals surface area contributed by atoms with Gasteiger partial charge in [-0.2, -0.15) is 0 Å². The van der Waals surface area contributed by atoms with Gasteiger partial charge in [-0.1, -0.05) is 0 Å². The Kier molecular flexibility index (Phi) is 3.38. The van der Waals surface area contributed by atoms with E-state index < -0.39 is 17.4 Å². The maximum absolute atomic E-state index is 13.6. The third-order valence-electron chi connectivity index (χ3n) is 2.26. The number of ketones is 1. The summed E-state index contributed by atoms with van der Waals surface area (Å²) in [5.74, 6) is -1.81. The van der Waals surface area contributed by atoms with Crippen LogP contribution in [0.1, 0.15) is 0 Å². The zero-order valence-corrected chi connectivity index (χ0v) is 10.5. The van der Waals surface area contributed by atoms with Crippen molar-refractivity contribution in [3.05, 3.63) is 52.2 Å². The topological polar surface area (TPSA) is 55.4 Å². The predicted octanol–water partition coefficient (Wildman–Crippen LogP) is 2.90. The van der Waals surface area contributed by atoms with Crippen molar-refractivity contribution in [2.45, 2.75) is 0 Å². The molecule has 92 valence electrons. The predicted molar refractivity (Wildman–Crippen MR) is 67.8 cm³/mol. The maximum atomic E-state index is 13.6. The van der Waals surface area contributed by atoms with Crippen LogP contribution in [0.3, 0.4) is 0 Å². The number of carbonyl (C=O) groups excluding carboxylic acids is 1. The van der Waals surface area contributed by atoms with E-state index in [1.165, 1.54) is 24.3 Å². The highest BCUT2D eigenvalue weighted by molar-refractivity contribution is 9.12. The lowest BCUT2D eigenvalue weighted by Crippen LogP contribution is -2.20. The summed E-state index contributed by atoms with van der Waals surface area (Å²) < 4.78 is 26.4. The molecule has 1 aromatic carbocycles. The largest absolute Gasteiger partial charge is 0.395 e. The van der Waals surface area contributed by atoms with E-state index in [0.29, 0.717) is 5.69 Å². The van der Waals surface area contributed by atoms with Crippen molar-refractivity contribution in [1.82, 2.24) is 0 Å². The number of allylic oxidation sites excluding steroid dienone is 3. The van der Waals surface area contributed by atoms with Crippen molar-refractivity contribution in [3.8, 4) is 0 Å². The van der Waals surface area contributed by atoms with Crippen molar-refractivity contribution < 1.29 is 13.6 Å². The molecule has 0 amide bonds. The minimum absolute atomic E-state index is 0.0845. The Balaban J connectivity index is 2.47. The van der Waals surface area contributed by atoms with E-state index in [2.05, 4.69) is 20.9 Å². The first-order valence-corrected chi connectivity index (χ1v) is 5.70. The molecular weight excluding hydrogens is 306 g/mol. The van der Waals surface area contributed by atoms with Gasteiger partial charge in [-0.3, -0.25) is 4.79 Å². The highest BCUT2D eigenvalue weighted by atomic mass is 79.9. The van der Waals surface area contributed by atoms with Gasteiger partial charge in [-0.05, 0) is 40.2 Å². The summed E-state index contributed by atoms with van der Waals surface area (Å²) in [6, 6.07) is 5.19. The zero-order chi connectivity index (χ0) is 13.3. The molecule has 1 aliphatic rings. The average molecular weight is 313 g/mol. The highest BCUT2D eigenvalue weighted by Crippen LogP contribution is 2.26. The molecule has 6 heteroatoms. The lowest BCUT2D eigenvalue weighted by Gasteiger charge is -2.11. The number of benzene rings is 1. The fourth-order valence-electron chi connectivity index (χ4n) is 1.35. The number of hydrogen-bond acceptors (Lipinski definition) is 3. The van der Waals surface area contributed by atoms with Crippen molar-refractivity contribution in [1.29, 1.82) is 0 Å². The quantitative estimate of drug-likeness (QED) is 0.811. The number of nitrogens with zero attached hydrogens (tertiary/aromatic N) is 1. The van der Waals surface area contributed by atoms with Crippen LogP contribution in [0.5, 0.6) is 0 Å². The molecule has 0 radical (unpaired) electrons. The maximum Gasteiger partial charge on any atom is 0.205 e. The molecule has 0 bridgehead atoms. The molecule has 0 saturated carbocycles. The second-order valence-electron chi connectivity index (χ2n) is 3.52. The molecule has 0 unspecified atom stereocenters. The van der Waals surface area contributed by atoms with Crippen LogP contribution in [0.4, 0.5) is 14.5 Å². The van der Waals surface area contributed by atoms with Gasteiger partial charge in [-0.25, -0.2) is 13.8 Å². The van der Waals surface area contributed by atoms with Crippen LogP contribution in [0.2, 0.25) is 0 Å². The van der Waals surface area contributed by atoms with Gasteiger partial charge in [0.15, 0.2) is 5.83 Å². The molecule has 0 aliphatic heterocycles. The third kappa shape index (κ3) is 2.38. The van der Waals surface area contributed by atoms with Gasteiger partial charge in [0.2, 0.25) is 5.78 Å². The molecule has 0 spiro atoms. The van der Waals surface area contributed by atoms with Crippen LogP contribution >= 0.6 is 15.9 Å². The number of hydrogen-bond donors (Lipinski definition) is 1. The Morgan fingerprint density at radius 2 is 1.78 bits per heavy atom. The van der Waals surface area contributed by atoms with E-state index in [4.69, 9.17) is 5.73 Å². The molecule has 0 aromatic heterocycles. The second kappa shape index (κ2) is 4.81. The smallest absolute Gasteiger partial charge is 0.205 e. The van der Waals surface area contributed by atoms with Gasteiger partial charge in [0.25, 0.3) is 0 Å². The minimum atomic E-state index is -0.787. The van der Waals surface area contributed by atoms with Gasteiger partial charge in [0.05, 0.1) is 15.9 Å². The SMILES string of the molecule is NC1=C(Br)C(=Nc2ccc(F)cc2)C(F)=CC1=O. The summed E-state index contributed by atoms with van der Waals surface area (Å²) in [5.41, 5.74) is 5.64. The van der Waals surface area contributed by atoms with E-state index in [0.717, 1.165) is 6.08 Å². The first-order valence-electron chi connectivity index (χ1n) is 4.91. The first-order chi connectivity index (χ1) is 8.49. The van der Waals surface area contributed by atoms with E-state index in [-0.39, 0.29) is 15.9 Å². The molecular formula is C12H7BrF2N2O. The van der Waals surface area contributed by atoms with Crippen molar-refractivity contribution in [3.63, 3.8) is 0 Å². The Labute approximate surface area is 110 Å². The van der Waals surface area contributed by atoms with Crippen LogP contribution in [-0.2, 0) is 4.79 Å². The van der Waals surface area contributed by atoms with E-state index in [1.807, 2.05) is 0 Å². The molecule has 0 saturated heterocycles. The Bertz CT molecular complexity index is 603. The monoisotopic (exact) mass is 312 g/mol. The Hall–Kier alpha value is -1.82. The van der Waals surface area contributed by atoms with Gasteiger partial charge < -0.3 is 5.73 Å². The third-order valence-corrected chi connectivity index (χ3v) is 3.06. The lowest BCUT2D eigenvalue weighted by atomic mass is 10.1. The van der Waals surface area contributed by atoms with Crippen LogP contribution in [0, 0.1) is 5.82 Å². The fourth-order valence-corrected chi connectivity index (χ4v) is 1.82. The molecule has 1 aromatic rings. The molecule has 2 N–H and O–H groups in total. The van der Waals surface area contributed by atoms with Crippen LogP contribution in [-0.4, -0.2) is 11.5 Å². The van der Waals surface area contributed by atoms with E-state index >= 15 is 0 Å². The molecule has 0 fully saturated rings. The molecule has 3 nitrogen and oxygen atoms in total. The molecule has 0 heterocycles. The summed E-state index contributed by atoms with van der Waals surface area (Å²) >= 11 is 3.02. The Morgan fingerprint density at radius 1 is 1.17 bits per heavy atom. The standard InChI is InChI=1S/C12H7BrF2N2O/c13-10-11(16)9(18)5-8(15)12(10)17-7-3-1-6(14)2-4-7/h1-5H,16H2.